The first kappa shape index (κ1) is 30.4. The Morgan fingerprint density at radius 1 is 0.787 bits per heavy atom. The Labute approximate surface area is 272 Å². The summed E-state index contributed by atoms with van der Waals surface area (Å²) in [5, 5.41) is 0. The van der Waals surface area contributed by atoms with E-state index in [1.54, 1.807) is 23.6 Å². The van der Waals surface area contributed by atoms with Gasteiger partial charge in [-0.3, -0.25) is 9.36 Å². The molecule has 0 N–H and O–H groups in total. The minimum Gasteiger partial charge on any atom is -0.466 e. The van der Waals surface area contributed by atoms with E-state index in [2.05, 4.69) is 4.98 Å². The normalized spacial score (nSPS) is 16.0. The lowest BCUT2D eigenvalue weighted by molar-refractivity contribution is -0.147. The number of carbonyl (C=O) groups excluding carboxylic acids is 1. The van der Waals surface area contributed by atoms with Gasteiger partial charge in [0.15, 0.2) is 5.82 Å². The summed E-state index contributed by atoms with van der Waals surface area (Å²) >= 11 is 0. The summed E-state index contributed by atoms with van der Waals surface area (Å²) in [6.45, 7) is 2.40. The van der Waals surface area contributed by atoms with Crippen molar-refractivity contribution in [3.05, 3.63) is 132 Å². The van der Waals surface area contributed by atoms with Crippen molar-refractivity contribution in [2.75, 3.05) is 6.61 Å². The second-order valence-electron chi connectivity index (χ2n) is 11.9. The highest BCUT2D eigenvalue weighted by atomic mass is 19.1. The molecule has 0 amide bonds. The standard InChI is InChI=1S/C40H34F2N2O3/c1-2-46-39(45)32-21-22-33(23-32)47-40-43-38-35(44(40)25-26-13-15-29(16-14-26)27-9-5-3-6-10-27)24-34(41)36(37(38)42)31-19-17-30(18-20-31)28-11-7-4-8-12-28/h3-20,24,32-33H,2,21-23,25H2,1H3. The molecule has 1 saturated carbocycles. The molecule has 0 saturated heterocycles. The van der Waals surface area contributed by atoms with Crippen LogP contribution >= 0.6 is 0 Å². The van der Waals surface area contributed by atoms with Crippen molar-refractivity contribution >= 4 is 17.0 Å². The average molecular weight is 629 g/mol. The van der Waals surface area contributed by atoms with E-state index < -0.39 is 11.6 Å². The summed E-state index contributed by atoms with van der Waals surface area (Å²) in [5.41, 5.74) is 5.67. The number of hydrogen-bond acceptors (Lipinski definition) is 4. The molecule has 5 aromatic carbocycles. The molecular weight excluding hydrogens is 594 g/mol. The molecule has 0 bridgehead atoms. The van der Waals surface area contributed by atoms with Crippen LogP contribution in [0.2, 0.25) is 0 Å². The molecule has 1 aromatic heterocycles. The van der Waals surface area contributed by atoms with Gasteiger partial charge in [-0.05, 0) is 59.6 Å². The van der Waals surface area contributed by atoms with Gasteiger partial charge in [-0.15, -0.1) is 0 Å². The first-order chi connectivity index (χ1) is 23.0. The minimum atomic E-state index is -0.744. The van der Waals surface area contributed by atoms with Crippen LogP contribution in [0.5, 0.6) is 6.01 Å². The molecule has 0 spiro atoms. The molecule has 1 heterocycles. The van der Waals surface area contributed by atoms with E-state index in [1.807, 2.05) is 97.1 Å². The summed E-state index contributed by atoms with van der Waals surface area (Å²) in [6, 6.07) is 36.7. The molecule has 7 heteroatoms. The summed E-state index contributed by atoms with van der Waals surface area (Å²) in [4.78, 5) is 17.0. The maximum absolute atomic E-state index is 16.3. The second-order valence-corrected chi connectivity index (χ2v) is 11.9. The van der Waals surface area contributed by atoms with Gasteiger partial charge >= 0.3 is 5.97 Å². The topological polar surface area (TPSA) is 53.4 Å². The Morgan fingerprint density at radius 2 is 1.36 bits per heavy atom. The van der Waals surface area contributed by atoms with Crippen molar-refractivity contribution < 1.29 is 23.0 Å². The van der Waals surface area contributed by atoms with Gasteiger partial charge in [-0.1, -0.05) is 109 Å². The van der Waals surface area contributed by atoms with Gasteiger partial charge in [0.2, 0.25) is 0 Å². The van der Waals surface area contributed by atoms with Gasteiger partial charge in [0, 0.05) is 6.07 Å². The quantitative estimate of drug-likeness (QED) is 0.150. The highest BCUT2D eigenvalue weighted by Gasteiger charge is 2.33. The van der Waals surface area contributed by atoms with Gasteiger partial charge in [-0.2, -0.15) is 4.98 Å². The van der Waals surface area contributed by atoms with E-state index in [1.165, 1.54) is 6.07 Å². The number of fused-ring (bicyclic) bond motifs is 1. The van der Waals surface area contributed by atoms with Crippen LogP contribution in [-0.4, -0.2) is 28.2 Å². The highest BCUT2D eigenvalue weighted by molar-refractivity contribution is 5.85. The third-order valence-corrected chi connectivity index (χ3v) is 8.86. The Hall–Kier alpha value is -5.30. The van der Waals surface area contributed by atoms with Crippen molar-refractivity contribution in [2.24, 2.45) is 5.92 Å². The van der Waals surface area contributed by atoms with E-state index in [0.29, 0.717) is 43.5 Å². The number of imidazole rings is 1. The maximum atomic E-state index is 16.3. The molecular formula is C40H34F2N2O3. The zero-order valence-corrected chi connectivity index (χ0v) is 26.0. The third-order valence-electron chi connectivity index (χ3n) is 8.86. The third kappa shape index (κ3) is 6.26. The van der Waals surface area contributed by atoms with Crippen LogP contribution in [0.1, 0.15) is 31.7 Å². The molecule has 7 rings (SSSR count). The van der Waals surface area contributed by atoms with Crippen molar-refractivity contribution in [2.45, 2.75) is 38.8 Å². The van der Waals surface area contributed by atoms with Gasteiger partial charge in [0.1, 0.15) is 17.4 Å². The average Bonchev–Trinajstić information content (AvgIpc) is 3.71. The van der Waals surface area contributed by atoms with Crippen molar-refractivity contribution in [1.29, 1.82) is 0 Å². The van der Waals surface area contributed by atoms with Crippen LogP contribution in [0.3, 0.4) is 0 Å². The SMILES string of the molecule is CCOC(=O)C1CCC(Oc2nc3c(F)c(-c4ccc(-c5ccccc5)cc4)c(F)cc3n2Cc2ccc(-c3ccccc3)cc2)C1. The maximum Gasteiger partial charge on any atom is 0.309 e. The number of halogens is 2. The minimum absolute atomic E-state index is 0.0318. The predicted octanol–water partition coefficient (Wildman–Crippen LogP) is 9.47. The molecule has 1 aliphatic carbocycles. The van der Waals surface area contributed by atoms with Crippen LogP contribution in [-0.2, 0) is 16.1 Å². The molecule has 47 heavy (non-hydrogen) atoms. The number of ether oxygens (including phenoxy) is 2. The molecule has 6 aromatic rings. The van der Waals surface area contributed by atoms with Crippen LogP contribution in [0.15, 0.2) is 115 Å². The monoisotopic (exact) mass is 628 g/mol. The fourth-order valence-corrected chi connectivity index (χ4v) is 6.42. The van der Waals surface area contributed by atoms with Gasteiger partial charge < -0.3 is 9.47 Å². The Kier molecular flexibility index (Phi) is 8.53. The predicted molar refractivity (Wildman–Crippen MR) is 180 cm³/mol. The van der Waals surface area contributed by atoms with Crippen LogP contribution < -0.4 is 4.74 Å². The van der Waals surface area contributed by atoms with Crippen LogP contribution in [0.4, 0.5) is 8.78 Å². The van der Waals surface area contributed by atoms with E-state index in [0.717, 1.165) is 27.8 Å². The number of aromatic nitrogens is 2. The summed E-state index contributed by atoms with van der Waals surface area (Å²) in [5.74, 6) is -1.92. The number of esters is 1. The van der Waals surface area contributed by atoms with E-state index in [-0.39, 0.29) is 35.1 Å². The zero-order valence-electron chi connectivity index (χ0n) is 26.0. The Morgan fingerprint density at radius 3 is 1.98 bits per heavy atom. The molecule has 0 radical (unpaired) electrons. The lowest BCUT2D eigenvalue weighted by Gasteiger charge is -2.16. The number of benzene rings is 5. The highest BCUT2D eigenvalue weighted by Crippen LogP contribution is 2.37. The molecule has 2 atom stereocenters. The van der Waals surface area contributed by atoms with Crippen molar-refractivity contribution in [3.63, 3.8) is 0 Å². The van der Waals surface area contributed by atoms with Crippen molar-refractivity contribution in [3.8, 4) is 39.4 Å². The Balaban J connectivity index is 1.25. The fourth-order valence-electron chi connectivity index (χ4n) is 6.42. The van der Waals surface area contributed by atoms with Crippen LogP contribution in [0.25, 0.3) is 44.4 Å². The van der Waals surface area contributed by atoms with E-state index >= 15 is 8.78 Å². The molecule has 2 unspecified atom stereocenters. The van der Waals surface area contributed by atoms with Gasteiger partial charge in [-0.25, -0.2) is 8.78 Å². The molecule has 0 aliphatic heterocycles. The molecule has 236 valence electrons. The Bertz CT molecular complexity index is 2010. The van der Waals surface area contributed by atoms with E-state index in [4.69, 9.17) is 9.47 Å². The van der Waals surface area contributed by atoms with Crippen molar-refractivity contribution in [1.82, 2.24) is 9.55 Å². The lowest BCUT2D eigenvalue weighted by Crippen LogP contribution is -2.19. The number of carbonyl (C=O) groups is 1. The zero-order chi connectivity index (χ0) is 32.3. The smallest absolute Gasteiger partial charge is 0.309 e. The summed E-state index contributed by atoms with van der Waals surface area (Å²) < 4.78 is 45.6. The fraction of sp³-hybridized carbons (Fsp3) is 0.200. The van der Waals surface area contributed by atoms with Crippen LogP contribution in [0, 0.1) is 17.6 Å². The number of hydrogen-bond donors (Lipinski definition) is 0. The van der Waals surface area contributed by atoms with E-state index in [9.17, 15) is 4.79 Å². The molecule has 5 nitrogen and oxygen atoms in total. The number of rotatable bonds is 9. The summed E-state index contributed by atoms with van der Waals surface area (Å²) in [6.07, 6.45) is 1.44. The van der Waals surface area contributed by atoms with Gasteiger partial charge in [0.05, 0.1) is 30.1 Å². The first-order valence-electron chi connectivity index (χ1n) is 16.0. The number of nitrogens with zero attached hydrogens (tertiary/aromatic N) is 2. The molecule has 1 fully saturated rings. The largest absolute Gasteiger partial charge is 0.466 e. The van der Waals surface area contributed by atoms with Gasteiger partial charge in [0.25, 0.3) is 6.01 Å². The second kappa shape index (κ2) is 13.2. The first-order valence-corrected chi connectivity index (χ1v) is 16.0. The molecule has 1 aliphatic rings. The summed E-state index contributed by atoms with van der Waals surface area (Å²) in [7, 11) is 0. The lowest BCUT2D eigenvalue weighted by atomic mass is 9.99.